The highest BCUT2D eigenvalue weighted by molar-refractivity contribution is 7.17. The molecule has 0 radical (unpaired) electrons. The van der Waals surface area contributed by atoms with Crippen molar-refractivity contribution in [3.63, 3.8) is 0 Å². The van der Waals surface area contributed by atoms with Crippen LogP contribution in [0.25, 0.3) is 21.3 Å². The summed E-state index contributed by atoms with van der Waals surface area (Å²) in [5.74, 6) is -0.307. The summed E-state index contributed by atoms with van der Waals surface area (Å²) in [6.45, 7) is 4.07. The molecule has 1 aliphatic rings. The number of rotatable bonds is 4. The van der Waals surface area contributed by atoms with Crippen molar-refractivity contribution >= 4 is 44.7 Å². The third-order valence-electron chi connectivity index (χ3n) is 5.88. The summed E-state index contributed by atoms with van der Waals surface area (Å²) in [5, 5.41) is 5.32. The molecular formula is C25H22N4O3S. The molecule has 166 valence electrons. The molecule has 2 aromatic carbocycles. The summed E-state index contributed by atoms with van der Waals surface area (Å²) in [4.78, 5) is 44.4. The smallest absolute Gasteiger partial charge is 0.263 e. The lowest BCUT2D eigenvalue weighted by atomic mass is 10.1. The van der Waals surface area contributed by atoms with E-state index in [9.17, 15) is 14.4 Å². The molecule has 0 aliphatic carbocycles. The lowest BCUT2D eigenvalue weighted by Crippen LogP contribution is -2.28. The molecule has 0 fully saturated rings. The van der Waals surface area contributed by atoms with E-state index >= 15 is 0 Å². The second kappa shape index (κ2) is 8.29. The van der Waals surface area contributed by atoms with Crippen LogP contribution in [0.1, 0.15) is 18.1 Å². The van der Waals surface area contributed by atoms with Crippen molar-refractivity contribution in [1.29, 1.82) is 0 Å². The maximum Gasteiger partial charge on any atom is 0.263 e. The van der Waals surface area contributed by atoms with Crippen molar-refractivity contribution in [3.8, 4) is 11.1 Å². The molecule has 0 unspecified atom stereocenters. The van der Waals surface area contributed by atoms with Crippen LogP contribution in [0.3, 0.4) is 0 Å². The second-order valence-corrected chi connectivity index (χ2v) is 9.04. The molecule has 2 amide bonds. The molecule has 7 nitrogen and oxygen atoms in total. The van der Waals surface area contributed by atoms with Gasteiger partial charge >= 0.3 is 0 Å². The van der Waals surface area contributed by atoms with Crippen LogP contribution in [0.5, 0.6) is 0 Å². The van der Waals surface area contributed by atoms with Gasteiger partial charge in [-0.3, -0.25) is 19.0 Å². The Morgan fingerprint density at radius 1 is 1.15 bits per heavy atom. The van der Waals surface area contributed by atoms with Crippen LogP contribution in [0.2, 0.25) is 0 Å². The maximum atomic E-state index is 13.2. The zero-order valence-electron chi connectivity index (χ0n) is 18.3. The number of carbonyl (C=O) groups is 2. The van der Waals surface area contributed by atoms with Crippen molar-refractivity contribution < 1.29 is 9.59 Å². The quantitative estimate of drug-likeness (QED) is 0.501. The van der Waals surface area contributed by atoms with Crippen molar-refractivity contribution in [2.24, 2.45) is 0 Å². The second-order valence-electron chi connectivity index (χ2n) is 8.19. The molecule has 4 aromatic rings. The van der Waals surface area contributed by atoms with E-state index in [1.807, 2.05) is 48.7 Å². The standard InChI is InChI=1S/C25H22N4O3S/c1-15-3-5-17(6-4-15)20-13-33-24-23(20)25(32)28(14-26-24)12-22(31)27-19-7-8-21-18(11-19)9-10-29(21)16(2)30/h3-8,11,13-14H,9-10,12H2,1-2H3,(H,27,31). The average Bonchev–Trinajstić information content (AvgIpc) is 3.41. The van der Waals surface area contributed by atoms with Crippen LogP contribution >= 0.6 is 11.3 Å². The normalized spacial score (nSPS) is 12.7. The van der Waals surface area contributed by atoms with Gasteiger partial charge in [0, 0.05) is 35.8 Å². The van der Waals surface area contributed by atoms with Crippen LogP contribution < -0.4 is 15.8 Å². The lowest BCUT2D eigenvalue weighted by molar-refractivity contribution is -0.117. The van der Waals surface area contributed by atoms with E-state index in [-0.39, 0.29) is 23.9 Å². The number of nitrogens with zero attached hydrogens (tertiary/aromatic N) is 3. The molecule has 0 bridgehead atoms. The van der Waals surface area contributed by atoms with Gasteiger partial charge in [-0.2, -0.15) is 0 Å². The summed E-state index contributed by atoms with van der Waals surface area (Å²) in [6.07, 6.45) is 2.17. The Kier molecular flexibility index (Phi) is 5.30. The van der Waals surface area contributed by atoms with Gasteiger partial charge in [-0.15, -0.1) is 11.3 Å². The molecule has 8 heteroatoms. The highest BCUT2D eigenvalue weighted by Gasteiger charge is 2.22. The van der Waals surface area contributed by atoms with Crippen LogP contribution in [-0.2, 0) is 22.6 Å². The Balaban J connectivity index is 1.38. The topological polar surface area (TPSA) is 84.3 Å². The van der Waals surface area contributed by atoms with Crippen molar-refractivity contribution in [2.75, 3.05) is 16.8 Å². The number of anilines is 2. The van der Waals surface area contributed by atoms with Gasteiger partial charge in [0.25, 0.3) is 5.56 Å². The number of fused-ring (bicyclic) bond motifs is 2. The van der Waals surface area contributed by atoms with Crippen molar-refractivity contribution in [3.05, 3.63) is 75.7 Å². The zero-order chi connectivity index (χ0) is 23.1. The number of amides is 2. The van der Waals surface area contributed by atoms with Gasteiger partial charge < -0.3 is 10.2 Å². The highest BCUT2D eigenvalue weighted by Crippen LogP contribution is 2.31. The number of benzene rings is 2. The number of hydrogen-bond donors (Lipinski definition) is 1. The number of thiophene rings is 1. The van der Waals surface area contributed by atoms with Gasteiger partial charge in [0.1, 0.15) is 11.4 Å². The fourth-order valence-corrected chi connectivity index (χ4v) is 5.09. The Morgan fingerprint density at radius 3 is 2.70 bits per heavy atom. The largest absolute Gasteiger partial charge is 0.325 e. The first kappa shape index (κ1) is 21.1. The fraction of sp³-hybridized carbons (Fsp3) is 0.200. The predicted molar refractivity (Wildman–Crippen MR) is 131 cm³/mol. The molecule has 1 N–H and O–H groups in total. The van der Waals surface area contributed by atoms with E-state index in [0.29, 0.717) is 22.4 Å². The molecular weight excluding hydrogens is 436 g/mol. The Bertz CT molecular complexity index is 1450. The summed E-state index contributed by atoms with van der Waals surface area (Å²) in [5.41, 5.74) is 5.23. The van der Waals surface area contributed by atoms with Gasteiger partial charge in [0.15, 0.2) is 0 Å². The first-order valence-electron chi connectivity index (χ1n) is 10.7. The molecule has 3 heterocycles. The minimum Gasteiger partial charge on any atom is -0.325 e. The van der Waals surface area contributed by atoms with E-state index < -0.39 is 0 Å². The van der Waals surface area contributed by atoms with E-state index in [2.05, 4.69) is 10.3 Å². The van der Waals surface area contributed by atoms with Crippen LogP contribution in [0.15, 0.2) is 59.0 Å². The van der Waals surface area contributed by atoms with E-state index in [1.165, 1.54) is 22.2 Å². The lowest BCUT2D eigenvalue weighted by Gasteiger charge is -2.15. The number of nitrogens with one attached hydrogen (secondary N) is 1. The van der Waals surface area contributed by atoms with Crippen LogP contribution in [-0.4, -0.2) is 27.9 Å². The summed E-state index contributed by atoms with van der Waals surface area (Å²) < 4.78 is 1.34. The number of carbonyl (C=O) groups excluding carboxylic acids is 2. The minimum absolute atomic E-state index is 0.00578. The minimum atomic E-state index is -0.313. The third-order valence-corrected chi connectivity index (χ3v) is 6.76. The Labute approximate surface area is 194 Å². The first-order chi connectivity index (χ1) is 15.9. The molecule has 1 aliphatic heterocycles. The number of hydrogen-bond acceptors (Lipinski definition) is 5. The Hall–Kier alpha value is -3.78. The van der Waals surface area contributed by atoms with Crippen LogP contribution in [0, 0.1) is 6.92 Å². The molecule has 0 spiro atoms. The van der Waals surface area contributed by atoms with Gasteiger partial charge in [-0.25, -0.2) is 4.98 Å². The third kappa shape index (κ3) is 3.93. The summed E-state index contributed by atoms with van der Waals surface area (Å²) in [7, 11) is 0. The molecule has 5 rings (SSSR count). The molecule has 0 saturated carbocycles. The highest BCUT2D eigenvalue weighted by atomic mass is 32.1. The van der Waals surface area contributed by atoms with E-state index in [4.69, 9.17) is 0 Å². The molecule has 0 atom stereocenters. The maximum absolute atomic E-state index is 13.2. The molecule has 33 heavy (non-hydrogen) atoms. The van der Waals surface area contributed by atoms with Gasteiger partial charge in [0.2, 0.25) is 11.8 Å². The first-order valence-corrected chi connectivity index (χ1v) is 11.5. The van der Waals surface area contributed by atoms with Gasteiger partial charge in [0.05, 0.1) is 11.7 Å². The molecule has 0 saturated heterocycles. The summed E-state index contributed by atoms with van der Waals surface area (Å²) >= 11 is 1.42. The predicted octanol–water partition coefficient (Wildman–Crippen LogP) is 3.98. The zero-order valence-corrected chi connectivity index (χ0v) is 19.1. The Morgan fingerprint density at radius 2 is 1.94 bits per heavy atom. The van der Waals surface area contributed by atoms with Crippen molar-refractivity contribution in [1.82, 2.24) is 9.55 Å². The summed E-state index contributed by atoms with van der Waals surface area (Å²) in [6, 6.07) is 13.5. The van der Waals surface area contributed by atoms with E-state index in [0.717, 1.165) is 34.4 Å². The molecule has 2 aromatic heterocycles. The SMILES string of the molecule is CC(=O)N1CCc2cc(NC(=O)Cn3cnc4scc(-c5ccc(C)cc5)c4c3=O)ccc21. The monoisotopic (exact) mass is 458 g/mol. The van der Waals surface area contributed by atoms with Gasteiger partial charge in [-0.05, 0) is 42.7 Å². The number of aryl methyl sites for hydroxylation is 1. The average molecular weight is 459 g/mol. The van der Waals surface area contributed by atoms with E-state index in [1.54, 1.807) is 17.9 Å². The van der Waals surface area contributed by atoms with Crippen molar-refractivity contribution in [2.45, 2.75) is 26.8 Å². The van der Waals surface area contributed by atoms with Crippen LogP contribution in [0.4, 0.5) is 11.4 Å². The fourth-order valence-electron chi connectivity index (χ4n) is 4.19. The van der Waals surface area contributed by atoms with Gasteiger partial charge in [-0.1, -0.05) is 29.8 Å². The number of aromatic nitrogens is 2.